The van der Waals surface area contributed by atoms with E-state index in [9.17, 15) is 44.3 Å². The van der Waals surface area contributed by atoms with Crippen molar-refractivity contribution in [3.8, 4) is 0 Å². The fourth-order valence-electron chi connectivity index (χ4n) is 1.61. The molecule has 2 nitrogen and oxygen atoms in total. The van der Waals surface area contributed by atoms with Crippen LogP contribution in [0.4, 0.5) is 45.2 Å². The summed E-state index contributed by atoms with van der Waals surface area (Å²) in [4.78, 5) is 10.1. The summed E-state index contributed by atoms with van der Waals surface area (Å²) in [5.41, 5.74) is -9.40. The van der Waals surface area contributed by atoms with E-state index < -0.39 is 40.9 Å². The van der Waals surface area contributed by atoms with Crippen molar-refractivity contribution < 1.29 is 44.3 Å². The summed E-state index contributed by atoms with van der Waals surface area (Å²) in [6, 6.07) is -0.0703. The first-order valence-corrected chi connectivity index (χ1v) is 4.89. The lowest BCUT2D eigenvalue weighted by Gasteiger charge is -2.22. The molecule has 0 aliphatic rings. The Morgan fingerprint density at radius 2 is 1.24 bits per heavy atom. The van der Waals surface area contributed by atoms with Crippen LogP contribution in [0.15, 0.2) is 12.1 Å². The molecule has 0 saturated carbocycles. The van der Waals surface area contributed by atoms with E-state index in [0.717, 1.165) is 0 Å². The van der Waals surface area contributed by atoms with E-state index in [1.54, 1.807) is 0 Å². The monoisotopic (exact) mass is 325 g/mol. The molecule has 0 radical (unpaired) electrons. The second kappa shape index (κ2) is 5.11. The maximum absolute atomic E-state index is 12.7. The first-order chi connectivity index (χ1) is 9.30. The number of hydrogen-bond donors (Lipinski definition) is 1. The van der Waals surface area contributed by atoms with Crippen LogP contribution in [-0.2, 0) is 23.3 Å². The predicted octanol–water partition coefficient (Wildman–Crippen LogP) is 4.31. The maximum Gasteiger partial charge on any atom is 0.419 e. The van der Waals surface area contributed by atoms with E-state index in [2.05, 4.69) is 0 Å². The molecule has 0 aliphatic heterocycles. The molecule has 0 fully saturated rings. The van der Waals surface area contributed by atoms with E-state index in [1.165, 1.54) is 5.32 Å². The Bertz CT molecular complexity index is 541. The largest absolute Gasteiger partial charge is 0.419 e. The van der Waals surface area contributed by atoms with Crippen molar-refractivity contribution >= 4 is 12.1 Å². The van der Waals surface area contributed by atoms with Crippen LogP contribution < -0.4 is 5.32 Å². The highest BCUT2D eigenvalue weighted by Crippen LogP contribution is 2.49. The predicted molar refractivity (Wildman–Crippen MR) is 51.1 cm³/mol. The summed E-state index contributed by atoms with van der Waals surface area (Å²) in [6.45, 7) is 0. The molecule has 0 saturated heterocycles. The molecule has 0 unspecified atom stereocenters. The third kappa shape index (κ3) is 3.58. The molecule has 0 atom stereocenters. The molecule has 1 amide bonds. The molecule has 21 heavy (non-hydrogen) atoms. The number of carbonyl (C=O) groups is 1. The van der Waals surface area contributed by atoms with Crippen LogP contribution in [0.1, 0.15) is 16.7 Å². The number of nitrogens with one attached hydrogen (secondary N) is 1. The Labute approximate surface area is 110 Å². The molecule has 11 heteroatoms. The number of halogens is 9. The van der Waals surface area contributed by atoms with Crippen LogP contribution in [0.2, 0.25) is 0 Å². The van der Waals surface area contributed by atoms with Crippen molar-refractivity contribution in [2.45, 2.75) is 18.5 Å². The van der Waals surface area contributed by atoms with Crippen molar-refractivity contribution in [2.75, 3.05) is 5.32 Å². The van der Waals surface area contributed by atoms with Crippen LogP contribution in [0.5, 0.6) is 0 Å². The second-order valence-corrected chi connectivity index (χ2v) is 3.67. The summed E-state index contributed by atoms with van der Waals surface area (Å²) in [7, 11) is 0. The van der Waals surface area contributed by atoms with Gasteiger partial charge in [-0.05, 0) is 12.1 Å². The fraction of sp³-hybridized carbons (Fsp3) is 0.300. The summed E-state index contributed by atoms with van der Waals surface area (Å²) in [5, 5.41) is 1.31. The Morgan fingerprint density at radius 3 is 1.57 bits per heavy atom. The summed E-state index contributed by atoms with van der Waals surface area (Å²) < 4.78 is 114. The lowest BCUT2D eigenvalue weighted by atomic mass is 9.97. The van der Waals surface area contributed by atoms with Crippen LogP contribution in [0, 0.1) is 0 Å². The van der Waals surface area contributed by atoms with Gasteiger partial charge in [-0.25, -0.2) is 0 Å². The van der Waals surface area contributed by atoms with Crippen molar-refractivity contribution in [1.29, 1.82) is 0 Å². The Morgan fingerprint density at radius 1 is 0.762 bits per heavy atom. The third-order valence-electron chi connectivity index (χ3n) is 2.29. The SMILES string of the molecule is O=CNc1ccc(C(F)(F)F)c(C(F)(F)F)c1C(F)(F)F. The Balaban J connectivity index is 3.88. The second-order valence-electron chi connectivity index (χ2n) is 3.67. The van der Waals surface area contributed by atoms with Gasteiger partial charge < -0.3 is 5.32 Å². The van der Waals surface area contributed by atoms with Gasteiger partial charge in [0.05, 0.1) is 22.4 Å². The van der Waals surface area contributed by atoms with Gasteiger partial charge in [0.1, 0.15) is 0 Å². The normalized spacial score (nSPS) is 13.2. The van der Waals surface area contributed by atoms with Gasteiger partial charge in [0.15, 0.2) is 0 Å². The molecule has 0 heterocycles. The van der Waals surface area contributed by atoms with Crippen molar-refractivity contribution in [2.24, 2.45) is 0 Å². The molecule has 1 aromatic rings. The number of amides is 1. The van der Waals surface area contributed by atoms with E-state index in [-0.39, 0.29) is 18.5 Å². The van der Waals surface area contributed by atoms with Crippen LogP contribution in [0.25, 0.3) is 0 Å². The van der Waals surface area contributed by atoms with Gasteiger partial charge in [0.25, 0.3) is 0 Å². The molecule has 118 valence electrons. The molecule has 0 aromatic heterocycles. The first kappa shape index (κ1) is 17.1. The van der Waals surface area contributed by atoms with Crippen molar-refractivity contribution in [3.05, 3.63) is 28.8 Å². The number of rotatable bonds is 2. The summed E-state index contributed by atoms with van der Waals surface area (Å²) in [6.07, 6.45) is -17.7. The molecule has 0 spiro atoms. The minimum Gasteiger partial charge on any atom is -0.328 e. The Hall–Kier alpha value is -1.94. The van der Waals surface area contributed by atoms with Gasteiger partial charge in [0, 0.05) is 0 Å². The number of carbonyl (C=O) groups excluding carboxylic acids is 1. The average molecular weight is 325 g/mol. The zero-order valence-electron chi connectivity index (χ0n) is 9.54. The minimum absolute atomic E-state index is 0.106. The number of benzene rings is 1. The quantitative estimate of drug-likeness (QED) is 0.637. The fourth-order valence-corrected chi connectivity index (χ4v) is 1.61. The number of anilines is 1. The third-order valence-corrected chi connectivity index (χ3v) is 2.29. The summed E-state index contributed by atoms with van der Waals surface area (Å²) >= 11 is 0. The average Bonchev–Trinajstić information content (AvgIpc) is 2.24. The zero-order chi connectivity index (χ0) is 16.6. The van der Waals surface area contributed by atoms with E-state index in [4.69, 9.17) is 0 Å². The zero-order valence-corrected chi connectivity index (χ0v) is 9.54. The minimum atomic E-state index is -5.92. The van der Waals surface area contributed by atoms with Gasteiger partial charge >= 0.3 is 18.5 Å². The van der Waals surface area contributed by atoms with Gasteiger partial charge in [-0.1, -0.05) is 0 Å². The Kier molecular flexibility index (Phi) is 4.17. The smallest absolute Gasteiger partial charge is 0.328 e. The molecule has 0 bridgehead atoms. The molecular formula is C10H4F9NO. The van der Waals surface area contributed by atoms with Crippen LogP contribution in [0.3, 0.4) is 0 Å². The van der Waals surface area contributed by atoms with Gasteiger partial charge in [-0.3, -0.25) is 4.79 Å². The van der Waals surface area contributed by atoms with Gasteiger partial charge in [-0.2, -0.15) is 39.5 Å². The highest BCUT2D eigenvalue weighted by Gasteiger charge is 2.51. The van der Waals surface area contributed by atoms with Crippen LogP contribution >= 0.6 is 0 Å². The van der Waals surface area contributed by atoms with E-state index in [0.29, 0.717) is 0 Å². The molecular weight excluding hydrogens is 321 g/mol. The van der Waals surface area contributed by atoms with Crippen molar-refractivity contribution in [1.82, 2.24) is 0 Å². The molecule has 1 N–H and O–H groups in total. The van der Waals surface area contributed by atoms with Gasteiger partial charge in [-0.15, -0.1) is 0 Å². The molecule has 1 rings (SSSR count). The topological polar surface area (TPSA) is 29.1 Å². The first-order valence-electron chi connectivity index (χ1n) is 4.89. The molecule has 0 aliphatic carbocycles. The van der Waals surface area contributed by atoms with Crippen LogP contribution in [-0.4, -0.2) is 6.41 Å². The number of hydrogen-bond acceptors (Lipinski definition) is 1. The highest BCUT2D eigenvalue weighted by atomic mass is 19.4. The van der Waals surface area contributed by atoms with E-state index in [1.807, 2.05) is 0 Å². The van der Waals surface area contributed by atoms with Gasteiger partial charge in [0.2, 0.25) is 6.41 Å². The highest BCUT2D eigenvalue weighted by molar-refractivity contribution is 5.75. The maximum atomic E-state index is 12.7. The summed E-state index contributed by atoms with van der Waals surface area (Å²) in [5.74, 6) is 0. The standard InChI is InChI=1S/C10H4F9NO/c11-8(12,13)4-1-2-5(20-3-21)7(10(17,18)19)6(4)9(14,15)16/h1-3H,(H,20,21). The van der Waals surface area contributed by atoms with Crippen molar-refractivity contribution in [3.63, 3.8) is 0 Å². The van der Waals surface area contributed by atoms with E-state index >= 15 is 0 Å². The number of alkyl halides is 9. The lowest BCUT2D eigenvalue weighted by Crippen LogP contribution is -2.24. The molecule has 1 aromatic carbocycles. The lowest BCUT2D eigenvalue weighted by molar-refractivity contribution is -0.174.